The van der Waals surface area contributed by atoms with Gasteiger partial charge in [0.1, 0.15) is 5.78 Å². The lowest BCUT2D eigenvalue weighted by Crippen LogP contribution is -2.54. The Bertz CT molecular complexity index is 551. The van der Waals surface area contributed by atoms with Gasteiger partial charge >= 0.3 is 0 Å². The topological polar surface area (TPSA) is 46.2 Å². The maximum absolute atomic E-state index is 12.3. The van der Waals surface area contributed by atoms with E-state index in [9.17, 15) is 9.59 Å². The summed E-state index contributed by atoms with van der Waals surface area (Å²) in [5.41, 5.74) is 1.45. The first-order valence-corrected chi connectivity index (χ1v) is 8.47. The normalized spacial score (nSPS) is 48.9. The number of hydrogen-bond donors (Lipinski definition) is 1. The minimum absolute atomic E-state index is 0.0450. The quantitative estimate of drug-likeness (QED) is 0.744. The van der Waals surface area contributed by atoms with Crippen molar-refractivity contribution in [2.24, 2.45) is 28.6 Å². The van der Waals surface area contributed by atoms with Gasteiger partial charge in [-0.05, 0) is 49.9 Å². The molecule has 1 N–H and O–H groups in total. The molecule has 0 radical (unpaired) electrons. The summed E-state index contributed by atoms with van der Waals surface area (Å²) in [6.07, 6.45) is 8.16. The van der Waals surface area contributed by atoms with Crippen molar-refractivity contribution >= 4 is 11.7 Å². The molecule has 1 amide bonds. The van der Waals surface area contributed by atoms with Crippen molar-refractivity contribution in [2.75, 3.05) is 6.54 Å². The number of amides is 1. The van der Waals surface area contributed by atoms with Gasteiger partial charge in [-0.25, -0.2) is 0 Å². The second-order valence-corrected chi connectivity index (χ2v) is 8.14. The van der Waals surface area contributed by atoms with Gasteiger partial charge in [0.05, 0.1) is 0 Å². The Hall–Kier alpha value is -1.12. The maximum Gasteiger partial charge on any atom is 0.243 e. The highest BCUT2D eigenvalue weighted by molar-refractivity contribution is 5.90. The van der Waals surface area contributed by atoms with Gasteiger partial charge in [-0.1, -0.05) is 19.4 Å². The number of hydrogen-bond acceptors (Lipinski definition) is 2. The van der Waals surface area contributed by atoms with Crippen LogP contribution in [0.3, 0.4) is 0 Å². The van der Waals surface area contributed by atoms with Crippen LogP contribution in [0.2, 0.25) is 0 Å². The minimum atomic E-state index is -0.0450. The Kier molecular flexibility index (Phi) is 2.71. The molecule has 0 unspecified atom stereocenters. The van der Waals surface area contributed by atoms with E-state index in [0.29, 0.717) is 23.5 Å². The van der Waals surface area contributed by atoms with Gasteiger partial charge in [0, 0.05) is 29.9 Å². The average molecular weight is 287 g/mol. The smallest absolute Gasteiger partial charge is 0.243 e. The first kappa shape index (κ1) is 13.5. The standard InChI is InChI=1S/C18H25NO2/c1-17-8-7-14-12(13(17)5-6-15(17)20)4-3-11-9-16(21)19-10-18(11,14)2/h9,12-14H,3-8,10H2,1-2H3,(H,19,21)/t12-,13-,14-,17-,18-/m0/s1. The van der Waals surface area contributed by atoms with Gasteiger partial charge in [-0.3, -0.25) is 9.59 Å². The first-order chi connectivity index (χ1) is 9.95. The summed E-state index contributed by atoms with van der Waals surface area (Å²) in [5.74, 6) is 2.49. The molecule has 1 heterocycles. The van der Waals surface area contributed by atoms with Crippen molar-refractivity contribution in [1.82, 2.24) is 5.32 Å². The molecule has 3 fully saturated rings. The zero-order valence-corrected chi connectivity index (χ0v) is 13.1. The lowest BCUT2D eigenvalue weighted by atomic mass is 9.48. The van der Waals surface area contributed by atoms with E-state index in [1.807, 2.05) is 6.08 Å². The zero-order chi connectivity index (χ0) is 14.8. The third-order valence-corrected chi connectivity index (χ3v) is 7.38. The van der Waals surface area contributed by atoms with Crippen molar-refractivity contribution in [3.63, 3.8) is 0 Å². The molecule has 0 saturated heterocycles. The number of carbonyl (C=O) groups is 2. The summed E-state index contributed by atoms with van der Waals surface area (Å²) in [6, 6.07) is 0. The molecule has 3 nitrogen and oxygen atoms in total. The van der Waals surface area contributed by atoms with Crippen LogP contribution in [-0.4, -0.2) is 18.2 Å². The molecule has 3 heteroatoms. The molecule has 0 aromatic rings. The Morgan fingerprint density at radius 1 is 1.05 bits per heavy atom. The second-order valence-electron chi connectivity index (χ2n) is 8.14. The summed E-state index contributed by atoms with van der Waals surface area (Å²) >= 11 is 0. The SMILES string of the molecule is C[C@]12CNC(=O)C=C1CC[C@@H]1[C@@H]2CC[C@]2(C)C(=O)CC[C@@H]12. The molecule has 3 saturated carbocycles. The van der Waals surface area contributed by atoms with E-state index in [0.717, 1.165) is 38.6 Å². The van der Waals surface area contributed by atoms with Gasteiger partial charge in [0.2, 0.25) is 5.91 Å². The summed E-state index contributed by atoms with van der Waals surface area (Å²) < 4.78 is 0. The molecule has 114 valence electrons. The molecule has 0 aromatic heterocycles. The summed E-state index contributed by atoms with van der Waals surface area (Å²) in [7, 11) is 0. The van der Waals surface area contributed by atoms with Crippen LogP contribution in [0.4, 0.5) is 0 Å². The van der Waals surface area contributed by atoms with Crippen LogP contribution in [0.25, 0.3) is 0 Å². The summed E-state index contributed by atoms with van der Waals surface area (Å²) in [6.45, 7) is 5.35. The molecule has 3 aliphatic carbocycles. The van der Waals surface area contributed by atoms with Crippen LogP contribution in [0.1, 0.15) is 52.4 Å². The molecule has 5 atom stereocenters. The highest BCUT2D eigenvalue weighted by Crippen LogP contribution is 2.62. The van der Waals surface area contributed by atoms with E-state index >= 15 is 0 Å². The molecule has 0 bridgehead atoms. The van der Waals surface area contributed by atoms with Crippen LogP contribution in [0.15, 0.2) is 11.6 Å². The largest absolute Gasteiger partial charge is 0.352 e. The van der Waals surface area contributed by atoms with Gasteiger partial charge in [-0.15, -0.1) is 0 Å². The molecular weight excluding hydrogens is 262 g/mol. The lowest BCUT2D eigenvalue weighted by molar-refractivity contribution is -0.132. The molecule has 1 aliphatic heterocycles. The van der Waals surface area contributed by atoms with Crippen molar-refractivity contribution < 1.29 is 9.59 Å². The van der Waals surface area contributed by atoms with E-state index in [2.05, 4.69) is 19.2 Å². The van der Waals surface area contributed by atoms with Crippen LogP contribution in [-0.2, 0) is 9.59 Å². The number of carbonyl (C=O) groups excluding carboxylic acids is 2. The van der Waals surface area contributed by atoms with E-state index in [1.165, 1.54) is 12.0 Å². The molecule has 4 aliphatic rings. The molecule has 4 rings (SSSR count). The van der Waals surface area contributed by atoms with Gasteiger partial charge in [-0.2, -0.15) is 0 Å². The van der Waals surface area contributed by atoms with Crippen LogP contribution in [0, 0.1) is 28.6 Å². The van der Waals surface area contributed by atoms with E-state index in [4.69, 9.17) is 0 Å². The number of Topliss-reactive ketones (excluding diaryl/α,β-unsaturated/α-hetero) is 1. The lowest BCUT2D eigenvalue weighted by Gasteiger charge is -2.56. The van der Waals surface area contributed by atoms with Crippen molar-refractivity contribution in [3.05, 3.63) is 11.6 Å². The highest BCUT2D eigenvalue weighted by atomic mass is 16.1. The highest BCUT2D eigenvalue weighted by Gasteiger charge is 2.58. The third-order valence-electron chi connectivity index (χ3n) is 7.38. The Labute approximate surface area is 126 Å². The predicted molar refractivity (Wildman–Crippen MR) is 80.5 cm³/mol. The number of nitrogens with one attached hydrogen (secondary N) is 1. The zero-order valence-electron chi connectivity index (χ0n) is 13.1. The summed E-state index contributed by atoms with van der Waals surface area (Å²) in [4.78, 5) is 24.0. The fourth-order valence-corrected chi connectivity index (χ4v) is 6.06. The Balaban J connectivity index is 1.70. The Morgan fingerprint density at radius 3 is 2.62 bits per heavy atom. The van der Waals surface area contributed by atoms with Crippen LogP contribution < -0.4 is 5.32 Å². The molecular formula is C18H25NO2. The van der Waals surface area contributed by atoms with Crippen LogP contribution >= 0.6 is 0 Å². The molecule has 0 spiro atoms. The number of rotatable bonds is 0. The summed E-state index contributed by atoms with van der Waals surface area (Å²) in [5, 5.41) is 3.05. The van der Waals surface area contributed by atoms with Gasteiger partial charge < -0.3 is 5.32 Å². The van der Waals surface area contributed by atoms with Crippen molar-refractivity contribution in [2.45, 2.75) is 52.4 Å². The van der Waals surface area contributed by atoms with E-state index < -0.39 is 0 Å². The van der Waals surface area contributed by atoms with Crippen LogP contribution in [0.5, 0.6) is 0 Å². The van der Waals surface area contributed by atoms with Gasteiger partial charge in [0.25, 0.3) is 0 Å². The first-order valence-electron chi connectivity index (χ1n) is 8.47. The van der Waals surface area contributed by atoms with Crippen molar-refractivity contribution in [1.29, 1.82) is 0 Å². The number of fused-ring (bicyclic) bond motifs is 5. The predicted octanol–water partition coefficient (Wildman–Crippen LogP) is 2.85. The molecule has 0 aromatic carbocycles. The minimum Gasteiger partial charge on any atom is -0.352 e. The average Bonchev–Trinajstić information content (AvgIpc) is 2.76. The molecule has 21 heavy (non-hydrogen) atoms. The monoisotopic (exact) mass is 287 g/mol. The van der Waals surface area contributed by atoms with Crippen molar-refractivity contribution in [3.8, 4) is 0 Å². The maximum atomic E-state index is 12.3. The fraction of sp³-hybridized carbons (Fsp3) is 0.778. The number of ketones is 1. The fourth-order valence-electron chi connectivity index (χ4n) is 6.06. The van der Waals surface area contributed by atoms with E-state index in [1.54, 1.807) is 0 Å². The van der Waals surface area contributed by atoms with E-state index in [-0.39, 0.29) is 16.7 Å². The Morgan fingerprint density at radius 2 is 1.81 bits per heavy atom. The second kappa shape index (κ2) is 4.21. The van der Waals surface area contributed by atoms with Gasteiger partial charge in [0.15, 0.2) is 0 Å². The third kappa shape index (κ3) is 1.66.